The zero-order valence-corrected chi connectivity index (χ0v) is 9.61. The lowest BCUT2D eigenvalue weighted by Gasteiger charge is -2.16. The van der Waals surface area contributed by atoms with Crippen molar-refractivity contribution in [3.05, 3.63) is 33.3 Å². The highest BCUT2D eigenvalue weighted by Crippen LogP contribution is 2.47. The minimum absolute atomic E-state index is 0.0328. The quantitative estimate of drug-likeness (QED) is 0.802. The van der Waals surface area contributed by atoms with Crippen molar-refractivity contribution < 1.29 is 0 Å². The highest BCUT2D eigenvalue weighted by Gasteiger charge is 2.42. The average molecular weight is 240 g/mol. The Hall–Kier alpha value is -0.340. The first-order valence-electron chi connectivity index (χ1n) is 4.60. The molecule has 1 aliphatic carbocycles. The molecular formula is C11H14BrN. The molecule has 0 atom stereocenters. The van der Waals surface area contributed by atoms with Gasteiger partial charge in [0, 0.05) is 10.0 Å². The fourth-order valence-corrected chi connectivity index (χ4v) is 2.61. The maximum Gasteiger partial charge on any atom is 0.0425 e. The second-order valence-electron chi connectivity index (χ2n) is 4.04. The van der Waals surface area contributed by atoms with Crippen LogP contribution in [0.25, 0.3) is 0 Å². The van der Waals surface area contributed by atoms with E-state index >= 15 is 0 Å². The van der Waals surface area contributed by atoms with Crippen LogP contribution in [0.4, 0.5) is 0 Å². The fourth-order valence-electron chi connectivity index (χ4n) is 1.77. The van der Waals surface area contributed by atoms with E-state index < -0.39 is 0 Å². The Balaban J connectivity index is 2.61. The molecule has 1 aromatic carbocycles. The van der Waals surface area contributed by atoms with Gasteiger partial charge in [0.15, 0.2) is 0 Å². The number of hydrogen-bond acceptors (Lipinski definition) is 1. The first-order chi connectivity index (χ1) is 6.04. The van der Waals surface area contributed by atoms with Crippen LogP contribution in [0.15, 0.2) is 16.6 Å². The molecule has 13 heavy (non-hydrogen) atoms. The van der Waals surface area contributed by atoms with Gasteiger partial charge in [-0.2, -0.15) is 0 Å². The Kier molecular flexibility index (Phi) is 2.00. The standard InChI is InChI=1S/C11H14BrN/c1-7-3-4-8(2)10(12)9(7)11(13)5-6-11/h3-4H,5-6,13H2,1-2H3. The molecule has 0 radical (unpaired) electrons. The Labute approximate surface area is 87.5 Å². The predicted octanol–water partition coefficient (Wildman–Crippen LogP) is 3.01. The van der Waals surface area contributed by atoms with Gasteiger partial charge in [0.05, 0.1) is 0 Å². The second kappa shape index (κ2) is 2.82. The summed E-state index contributed by atoms with van der Waals surface area (Å²) in [5, 5.41) is 0. The van der Waals surface area contributed by atoms with Gasteiger partial charge in [0.25, 0.3) is 0 Å². The molecule has 1 fully saturated rings. The number of nitrogens with two attached hydrogens (primary N) is 1. The molecule has 0 saturated heterocycles. The van der Waals surface area contributed by atoms with E-state index in [9.17, 15) is 0 Å². The molecule has 0 heterocycles. The fraction of sp³-hybridized carbons (Fsp3) is 0.455. The Morgan fingerprint density at radius 1 is 1.23 bits per heavy atom. The molecule has 1 saturated carbocycles. The van der Waals surface area contributed by atoms with E-state index in [-0.39, 0.29) is 5.54 Å². The summed E-state index contributed by atoms with van der Waals surface area (Å²) in [4.78, 5) is 0. The van der Waals surface area contributed by atoms with Crippen molar-refractivity contribution in [1.29, 1.82) is 0 Å². The van der Waals surface area contributed by atoms with E-state index in [1.807, 2.05) is 0 Å². The maximum atomic E-state index is 6.21. The molecule has 0 unspecified atom stereocenters. The topological polar surface area (TPSA) is 26.0 Å². The lowest BCUT2D eigenvalue weighted by atomic mass is 9.98. The molecule has 0 amide bonds. The molecule has 1 aromatic rings. The molecule has 0 bridgehead atoms. The summed E-state index contributed by atoms with van der Waals surface area (Å²) < 4.78 is 1.20. The van der Waals surface area contributed by atoms with Gasteiger partial charge >= 0.3 is 0 Å². The lowest BCUT2D eigenvalue weighted by molar-refractivity contribution is 0.727. The molecule has 2 heteroatoms. The van der Waals surface area contributed by atoms with E-state index in [0.29, 0.717) is 0 Å². The second-order valence-corrected chi connectivity index (χ2v) is 4.84. The third kappa shape index (κ3) is 1.42. The van der Waals surface area contributed by atoms with Gasteiger partial charge in [-0.15, -0.1) is 0 Å². The third-order valence-electron chi connectivity index (χ3n) is 2.83. The summed E-state index contributed by atoms with van der Waals surface area (Å²) in [6, 6.07) is 4.29. The van der Waals surface area contributed by atoms with Crippen LogP contribution in [-0.4, -0.2) is 0 Å². The van der Waals surface area contributed by atoms with Crippen LogP contribution >= 0.6 is 15.9 Å². The number of benzene rings is 1. The van der Waals surface area contributed by atoms with Crippen LogP contribution in [0, 0.1) is 13.8 Å². The summed E-state index contributed by atoms with van der Waals surface area (Å²) in [7, 11) is 0. The largest absolute Gasteiger partial charge is 0.321 e. The van der Waals surface area contributed by atoms with Crippen molar-refractivity contribution in [2.75, 3.05) is 0 Å². The summed E-state index contributed by atoms with van der Waals surface area (Å²) >= 11 is 3.63. The Morgan fingerprint density at radius 2 is 1.77 bits per heavy atom. The lowest BCUT2D eigenvalue weighted by Crippen LogP contribution is -2.21. The van der Waals surface area contributed by atoms with Crippen LogP contribution in [0.3, 0.4) is 0 Å². The van der Waals surface area contributed by atoms with Crippen molar-refractivity contribution in [3.63, 3.8) is 0 Å². The summed E-state index contributed by atoms with van der Waals surface area (Å²) in [5.41, 5.74) is 10.1. The van der Waals surface area contributed by atoms with Crippen LogP contribution in [0.2, 0.25) is 0 Å². The molecule has 2 rings (SSSR count). The molecule has 2 N–H and O–H groups in total. The van der Waals surface area contributed by atoms with Gasteiger partial charge in [-0.1, -0.05) is 28.1 Å². The first kappa shape index (κ1) is 9.22. The number of aryl methyl sites for hydroxylation is 2. The third-order valence-corrected chi connectivity index (χ3v) is 3.85. The smallest absolute Gasteiger partial charge is 0.0425 e. The van der Waals surface area contributed by atoms with Gasteiger partial charge in [0.1, 0.15) is 0 Å². The van der Waals surface area contributed by atoms with Crippen molar-refractivity contribution in [1.82, 2.24) is 0 Å². The zero-order valence-electron chi connectivity index (χ0n) is 8.02. The average Bonchev–Trinajstić information content (AvgIpc) is 2.78. The molecule has 0 aliphatic heterocycles. The van der Waals surface area contributed by atoms with Crippen LogP contribution in [0.5, 0.6) is 0 Å². The number of rotatable bonds is 1. The van der Waals surface area contributed by atoms with Crippen LogP contribution in [-0.2, 0) is 5.54 Å². The number of halogens is 1. The van der Waals surface area contributed by atoms with Gasteiger partial charge < -0.3 is 5.73 Å². The predicted molar refractivity (Wildman–Crippen MR) is 58.7 cm³/mol. The minimum Gasteiger partial charge on any atom is -0.321 e. The Morgan fingerprint density at radius 3 is 2.31 bits per heavy atom. The van der Waals surface area contributed by atoms with Gasteiger partial charge in [-0.3, -0.25) is 0 Å². The SMILES string of the molecule is Cc1ccc(C)c(C2(N)CC2)c1Br. The van der Waals surface area contributed by atoms with Gasteiger partial charge in [0.2, 0.25) is 0 Å². The van der Waals surface area contributed by atoms with E-state index in [0.717, 1.165) is 12.8 Å². The molecular weight excluding hydrogens is 226 g/mol. The van der Waals surface area contributed by atoms with Gasteiger partial charge in [-0.25, -0.2) is 0 Å². The van der Waals surface area contributed by atoms with Gasteiger partial charge in [-0.05, 0) is 43.4 Å². The van der Waals surface area contributed by atoms with Crippen LogP contribution in [0.1, 0.15) is 29.5 Å². The summed E-state index contributed by atoms with van der Waals surface area (Å²) in [6.07, 6.45) is 2.24. The molecule has 1 aliphatic rings. The number of hydrogen-bond donors (Lipinski definition) is 1. The zero-order chi connectivity index (χ0) is 9.64. The highest BCUT2D eigenvalue weighted by molar-refractivity contribution is 9.10. The molecule has 0 spiro atoms. The van der Waals surface area contributed by atoms with Crippen molar-refractivity contribution >= 4 is 15.9 Å². The first-order valence-corrected chi connectivity index (χ1v) is 5.39. The van der Waals surface area contributed by atoms with Crippen molar-refractivity contribution in [2.45, 2.75) is 32.2 Å². The minimum atomic E-state index is -0.0328. The molecule has 70 valence electrons. The maximum absolute atomic E-state index is 6.21. The van der Waals surface area contributed by atoms with E-state index in [2.05, 4.69) is 41.9 Å². The van der Waals surface area contributed by atoms with E-state index in [1.165, 1.54) is 21.2 Å². The highest BCUT2D eigenvalue weighted by atomic mass is 79.9. The van der Waals surface area contributed by atoms with Crippen molar-refractivity contribution in [3.8, 4) is 0 Å². The summed E-state index contributed by atoms with van der Waals surface area (Å²) in [6.45, 7) is 4.24. The molecule has 1 nitrogen and oxygen atoms in total. The normalized spacial score (nSPS) is 18.8. The molecule has 0 aromatic heterocycles. The van der Waals surface area contributed by atoms with E-state index in [1.54, 1.807) is 0 Å². The Bertz CT molecular complexity index is 353. The van der Waals surface area contributed by atoms with E-state index in [4.69, 9.17) is 5.73 Å². The summed E-state index contributed by atoms with van der Waals surface area (Å²) in [5.74, 6) is 0. The van der Waals surface area contributed by atoms with Crippen LogP contribution < -0.4 is 5.73 Å². The monoisotopic (exact) mass is 239 g/mol. The van der Waals surface area contributed by atoms with Crippen molar-refractivity contribution in [2.24, 2.45) is 5.73 Å².